The number of hydrogen-bond donors (Lipinski definition) is 1. The molecule has 4 rings (SSSR count). The molecule has 0 bridgehead atoms. The van der Waals surface area contributed by atoms with Gasteiger partial charge in [0.1, 0.15) is 5.75 Å². The average Bonchev–Trinajstić information content (AvgIpc) is 2.82. The minimum absolute atomic E-state index is 0.0883. The third kappa shape index (κ3) is 5.16. The van der Waals surface area contributed by atoms with Crippen molar-refractivity contribution in [2.24, 2.45) is 0 Å². The van der Waals surface area contributed by atoms with Gasteiger partial charge < -0.3 is 10.1 Å². The summed E-state index contributed by atoms with van der Waals surface area (Å²) in [7, 11) is 0. The minimum Gasteiger partial charge on any atom is -0.481 e. The molecule has 0 fully saturated rings. The minimum atomic E-state index is -0.529. The number of carbonyl (C=O) groups is 1. The first-order valence-electron chi connectivity index (χ1n) is 11.3. The van der Waals surface area contributed by atoms with Crippen LogP contribution in [-0.2, 0) is 17.6 Å². The number of aryl methyl sites for hydroxylation is 3. The normalized spacial score (nSPS) is 14.9. The standard InChI is InChI=1S/C28H31NO2/c1-3-26(31-25-18-17-21-9-7-8-12-24(21)19-25)28(30)29-27(22-10-5-4-6-11-22)23-15-13-20(2)14-16-23/h4-6,10-11,13-19,26-27H,3,7-9,12H2,1-2H3,(H,29,30)/t26-,27+/m1/s1. The maximum atomic E-state index is 13.3. The molecule has 0 heterocycles. The monoisotopic (exact) mass is 413 g/mol. The van der Waals surface area contributed by atoms with Crippen molar-refractivity contribution in [2.75, 3.05) is 0 Å². The Morgan fingerprint density at radius 1 is 0.903 bits per heavy atom. The summed E-state index contributed by atoms with van der Waals surface area (Å²) in [6.45, 7) is 4.06. The fourth-order valence-corrected chi connectivity index (χ4v) is 4.27. The zero-order valence-electron chi connectivity index (χ0n) is 18.4. The van der Waals surface area contributed by atoms with Gasteiger partial charge in [0.25, 0.3) is 5.91 Å². The predicted molar refractivity (Wildman–Crippen MR) is 125 cm³/mol. The van der Waals surface area contributed by atoms with E-state index in [2.05, 4.69) is 60.8 Å². The topological polar surface area (TPSA) is 38.3 Å². The van der Waals surface area contributed by atoms with E-state index < -0.39 is 6.10 Å². The molecule has 0 aromatic heterocycles. The van der Waals surface area contributed by atoms with Crippen molar-refractivity contribution >= 4 is 5.91 Å². The molecule has 0 saturated carbocycles. The first-order chi connectivity index (χ1) is 15.1. The second-order valence-electron chi connectivity index (χ2n) is 8.42. The van der Waals surface area contributed by atoms with E-state index in [1.54, 1.807) is 0 Å². The van der Waals surface area contributed by atoms with Crippen molar-refractivity contribution in [1.29, 1.82) is 0 Å². The molecule has 0 saturated heterocycles. The van der Waals surface area contributed by atoms with Gasteiger partial charge in [-0.2, -0.15) is 0 Å². The number of nitrogens with one attached hydrogen (secondary N) is 1. The zero-order chi connectivity index (χ0) is 21.6. The van der Waals surface area contributed by atoms with Crippen LogP contribution in [0.5, 0.6) is 5.75 Å². The molecule has 1 aliphatic carbocycles. The van der Waals surface area contributed by atoms with E-state index in [-0.39, 0.29) is 11.9 Å². The van der Waals surface area contributed by atoms with Crippen LogP contribution >= 0.6 is 0 Å². The van der Waals surface area contributed by atoms with Gasteiger partial charge in [-0.15, -0.1) is 0 Å². The highest BCUT2D eigenvalue weighted by Crippen LogP contribution is 2.27. The highest BCUT2D eigenvalue weighted by Gasteiger charge is 2.24. The molecule has 3 aromatic rings. The van der Waals surface area contributed by atoms with E-state index in [9.17, 15) is 4.79 Å². The molecule has 0 radical (unpaired) electrons. The molecule has 0 aliphatic heterocycles. The Labute approximate surface area is 185 Å². The van der Waals surface area contributed by atoms with Crippen LogP contribution in [0.4, 0.5) is 0 Å². The second kappa shape index (κ2) is 9.82. The van der Waals surface area contributed by atoms with Gasteiger partial charge in [-0.05, 0) is 73.4 Å². The maximum Gasteiger partial charge on any atom is 0.261 e. The van der Waals surface area contributed by atoms with Gasteiger partial charge in [0.2, 0.25) is 0 Å². The fourth-order valence-electron chi connectivity index (χ4n) is 4.27. The number of rotatable bonds is 7. The Morgan fingerprint density at radius 3 is 2.29 bits per heavy atom. The average molecular weight is 414 g/mol. The highest BCUT2D eigenvalue weighted by atomic mass is 16.5. The van der Waals surface area contributed by atoms with Crippen molar-refractivity contribution in [2.45, 2.75) is 58.1 Å². The van der Waals surface area contributed by atoms with E-state index in [1.165, 1.54) is 29.5 Å². The summed E-state index contributed by atoms with van der Waals surface area (Å²) in [5, 5.41) is 3.24. The summed E-state index contributed by atoms with van der Waals surface area (Å²) in [4.78, 5) is 13.3. The van der Waals surface area contributed by atoms with E-state index in [0.29, 0.717) is 6.42 Å². The van der Waals surface area contributed by atoms with Crippen molar-refractivity contribution in [3.05, 3.63) is 101 Å². The van der Waals surface area contributed by atoms with Crippen molar-refractivity contribution < 1.29 is 9.53 Å². The maximum absolute atomic E-state index is 13.3. The Morgan fingerprint density at radius 2 is 1.58 bits per heavy atom. The van der Waals surface area contributed by atoms with Gasteiger partial charge in [-0.3, -0.25) is 4.79 Å². The van der Waals surface area contributed by atoms with Crippen molar-refractivity contribution in [3.63, 3.8) is 0 Å². The first-order valence-corrected chi connectivity index (χ1v) is 11.3. The number of benzene rings is 3. The third-order valence-electron chi connectivity index (χ3n) is 6.09. The largest absolute Gasteiger partial charge is 0.481 e. The SMILES string of the molecule is CC[C@@H](Oc1ccc2c(c1)CCCC2)C(=O)N[C@@H](c1ccccc1)c1ccc(C)cc1. The van der Waals surface area contributed by atoms with Crippen LogP contribution < -0.4 is 10.1 Å². The molecule has 0 unspecified atom stereocenters. The lowest BCUT2D eigenvalue weighted by molar-refractivity contribution is -0.128. The summed E-state index contributed by atoms with van der Waals surface area (Å²) in [6.07, 6.45) is 4.80. The number of hydrogen-bond acceptors (Lipinski definition) is 2. The highest BCUT2D eigenvalue weighted by molar-refractivity contribution is 5.82. The number of ether oxygens (including phenoxy) is 1. The molecular weight excluding hydrogens is 382 g/mol. The van der Waals surface area contributed by atoms with Crippen LogP contribution in [-0.4, -0.2) is 12.0 Å². The van der Waals surface area contributed by atoms with Gasteiger partial charge in [0.15, 0.2) is 6.10 Å². The molecule has 31 heavy (non-hydrogen) atoms. The Balaban J connectivity index is 1.53. The molecule has 1 amide bonds. The Bertz CT molecular complexity index is 1010. The number of carbonyl (C=O) groups excluding carboxylic acids is 1. The van der Waals surface area contributed by atoms with Crippen molar-refractivity contribution in [3.8, 4) is 5.75 Å². The molecule has 3 nitrogen and oxygen atoms in total. The van der Waals surface area contributed by atoms with Crippen LogP contribution in [0, 0.1) is 6.92 Å². The van der Waals surface area contributed by atoms with E-state index >= 15 is 0 Å². The Hall–Kier alpha value is -3.07. The molecule has 1 aliphatic rings. The van der Waals surface area contributed by atoms with Crippen LogP contribution in [0.25, 0.3) is 0 Å². The quantitative estimate of drug-likeness (QED) is 0.521. The summed E-state index contributed by atoms with van der Waals surface area (Å²) in [5.74, 6) is 0.698. The van der Waals surface area contributed by atoms with Gasteiger partial charge in [0, 0.05) is 0 Å². The molecule has 160 valence electrons. The van der Waals surface area contributed by atoms with Crippen LogP contribution in [0.2, 0.25) is 0 Å². The molecule has 1 N–H and O–H groups in total. The second-order valence-corrected chi connectivity index (χ2v) is 8.42. The molecule has 3 heteroatoms. The summed E-state index contributed by atoms with van der Waals surface area (Å²) in [6, 6.07) is 24.5. The first kappa shape index (κ1) is 21.2. The number of amides is 1. The van der Waals surface area contributed by atoms with Gasteiger partial charge in [-0.25, -0.2) is 0 Å². The zero-order valence-corrected chi connectivity index (χ0v) is 18.4. The van der Waals surface area contributed by atoms with Gasteiger partial charge in [0.05, 0.1) is 6.04 Å². The summed E-state index contributed by atoms with van der Waals surface area (Å²) in [5.41, 5.74) is 6.10. The summed E-state index contributed by atoms with van der Waals surface area (Å²) >= 11 is 0. The lowest BCUT2D eigenvalue weighted by Gasteiger charge is -2.24. The Kier molecular flexibility index (Phi) is 6.71. The molecular formula is C28H31NO2. The van der Waals surface area contributed by atoms with E-state index in [1.807, 2.05) is 31.2 Å². The van der Waals surface area contributed by atoms with Crippen molar-refractivity contribution in [1.82, 2.24) is 5.32 Å². The lowest BCUT2D eigenvalue weighted by Crippen LogP contribution is -2.40. The lowest BCUT2D eigenvalue weighted by atomic mass is 9.92. The van der Waals surface area contributed by atoms with E-state index in [4.69, 9.17) is 4.74 Å². The van der Waals surface area contributed by atoms with Crippen LogP contribution in [0.1, 0.15) is 60.0 Å². The summed E-state index contributed by atoms with van der Waals surface area (Å²) < 4.78 is 6.17. The molecule has 3 aromatic carbocycles. The van der Waals surface area contributed by atoms with Crippen LogP contribution in [0.3, 0.4) is 0 Å². The van der Waals surface area contributed by atoms with Gasteiger partial charge in [-0.1, -0.05) is 73.2 Å². The fraction of sp³-hybridized carbons (Fsp3) is 0.321. The van der Waals surface area contributed by atoms with Gasteiger partial charge >= 0.3 is 0 Å². The third-order valence-corrected chi connectivity index (χ3v) is 6.09. The van der Waals surface area contributed by atoms with Crippen LogP contribution in [0.15, 0.2) is 72.8 Å². The number of fused-ring (bicyclic) bond motifs is 1. The van der Waals surface area contributed by atoms with E-state index in [0.717, 1.165) is 29.7 Å². The molecule has 2 atom stereocenters. The smallest absolute Gasteiger partial charge is 0.261 e. The predicted octanol–water partition coefficient (Wildman–Crippen LogP) is 5.94. The molecule has 0 spiro atoms.